The summed E-state index contributed by atoms with van der Waals surface area (Å²) in [5.41, 5.74) is 1.31. The number of carbonyl (C=O) groups excluding carboxylic acids is 2. The van der Waals surface area contributed by atoms with E-state index in [2.05, 4.69) is 12.2 Å². The van der Waals surface area contributed by atoms with Crippen LogP contribution in [0.2, 0.25) is 0 Å². The zero-order chi connectivity index (χ0) is 18.1. The van der Waals surface area contributed by atoms with Crippen molar-refractivity contribution in [1.29, 1.82) is 0 Å². The molecule has 6 heteroatoms. The Morgan fingerprint density at radius 2 is 1.92 bits per heavy atom. The van der Waals surface area contributed by atoms with E-state index in [1.807, 2.05) is 0 Å². The number of nitrogens with one attached hydrogen (secondary N) is 1. The first-order chi connectivity index (χ1) is 12.1. The Balaban J connectivity index is 1.83. The van der Waals surface area contributed by atoms with E-state index in [1.165, 1.54) is 24.7 Å². The van der Waals surface area contributed by atoms with Gasteiger partial charge in [-0.2, -0.15) is 0 Å². The maximum atomic E-state index is 12.9. The average molecular weight is 346 g/mol. The number of hydrogen-bond acceptors (Lipinski definition) is 3. The van der Waals surface area contributed by atoms with Crippen molar-refractivity contribution in [3.8, 4) is 0 Å². The van der Waals surface area contributed by atoms with Crippen LogP contribution in [0.1, 0.15) is 42.1 Å². The Morgan fingerprint density at radius 1 is 1.16 bits per heavy atom. The lowest BCUT2D eigenvalue weighted by atomic mass is 10.2. The Kier molecular flexibility index (Phi) is 7.19. The van der Waals surface area contributed by atoms with Gasteiger partial charge >= 0.3 is 0 Å². The summed E-state index contributed by atoms with van der Waals surface area (Å²) in [7, 11) is 0. The predicted octanol–water partition coefficient (Wildman–Crippen LogP) is 3.37. The van der Waals surface area contributed by atoms with E-state index in [0.29, 0.717) is 25.2 Å². The lowest BCUT2D eigenvalue weighted by Gasteiger charge is -2.21. The SMILES string of the molecule is CCCCN(CCC(=O)NCc1ccc(F)cc1)C(=O)c1ccoc1. The standard InChI is InChI=1S/C19H23FN2O3/c1-2-3-10-22(19(24)16-9-12-25-14-16)11-8-18(23)21-13-15-4-6-17(20)7-5-15/h4-7,9,12,14H,2-3,8,10-11,13H2,1H3,(H,21,23). The van der Waals surface area contributed by atoms with E-state index < -0.39 is 0 Å². The van der Waals surface area contributed by atoms with E-state index in [9.17, 15) is 14.0 Å². The number of hydrogen-bond donors (Lipinski definition) is 1. The number of rotatable bonds is 9. The molecule has 0 saturated carbocycles. The molecule has 0 bridgehead atoms. The van der Waals surface area contributed by atoms with Crippen LogP contribution in [0.5, 0.6) is 0 Å². The third-order valence-electron chi connectivity index (χ3n) is 3.85. The highest BCUT2D eigenvalue weighted by molar-refractivity contribution is 5.94. The monoisotopic (exact) mass is 346 g/mol. The van der Waals surface area contributed by atoms with Gasteiger partial charge in [0.25, 0.3) is 5.91 Å². The number of amides is 2. The second kappa shape index (κ2) is 9.61. The summed E-state index contributed by atoms with van der Waals surface area (Å²) in [6.07, 6.45) is 4.93. The summed E-state index contributed by atoms with van der Waals surface area (Å²) in [5.74, 6) is -0.584. The van der Waals surface area contributed by atoms with Gasteiger partial charge in [0, 0.05) is 26.1 Å². The summed E-state index contributed by atoms with van der Waals surface area (Å²) in [5, 5.41) is 2.79. The van der Waals surface area contributed by atoms with Crippen LogP contribution in [0.25, 0.3) is 0 Å². The molecule has 2 amide bonds. The smallest absolute Gasteiger partial charge is 0.257 e. The van der Waals surface area contributed by atoms with Crippen molar-refractivity contribution >= 4 is 11.8 Å². The molecule has 134 valence electrons. The number of halogens is 1. The van der Waals surface area contributed by atoms with Crippen molar-refractivity contribution in [2.45, 2.75) is 32.7 Å². The van der Waals surface area contributed by atoms with Crippen LogP contribution in [-0.2, 0) is 11.3 Å². The summed E-state index contributed by atoms with van der Waals surface area (Å²) < 4.78 is 17.8. The van der Waals surface area contributed by atoms with E-state index in [4.69, 9.17) is 4.42 Å². The molecule has 1 aromatic carbocycles. The summed E-state index contributed by atoms with van der Waals surface area (Å²) in [6.45, 7) is 3.34. The third kappa shape index (κ3) is 6.06. The predicted molar refractivity (Wildman–Crippen MR) is 92.4 cm³/mol. The first-order valence-corrected chi connectivity index (χ1v) is 8.42. The van der Waals surface area contributed by atoms with Gasteiger partial charge in [0.15, 0.2) is 0 Å². The molecule has 25 heavy (non-hydrogen) atoms. The molecule has 1 aromatic heterocycles. The second-order valence-corrected chi connectivity index (χ2v) is 5.81. The van der Waals surface area contributed by atoms with Crippen LogP contribution in [0.15, 0.2) is 47.3 Å². The molecule has 0 aliphatic rings. The largest absolute Gasteiger partial charge is 0.472 e. The Hall–Kier alpha value is -2.63. The van der Waals surface area contributed by atoms with Gasteiger partial charge < -0.3 is 14.6 Å². The molecular formula is C19H23FN2O3. The van der Waals surface area contributed by atoms with Gasteiger partial charge in [0.05, 0.1) is 11.8 Å². The molecule has 0 aliphatic heterocycles. The lowest BCUT2D eigenvalue weighted by Crippen LogP contribution is -2.35. The van der Waals surface area contributed by atoms with Crippen LogP contribution in [0.4, 0.5) is 4.39 Å². The minimum absolute atomic E-state index is 0.131. The van der Waals surface area contributed by atoms with Crippen molar-refractivity contribution < 1.29 is 18.4 Å². The molecule has 0 unspecified atom stereocenters. The van der Waals surface area contributed by atoms with Crippen molar-refractivity contribution in [2.24, 2.45) is 0 Å². The van der Waals surface area contributed by atoms with Crippen LogP contribution in [0.3, 0.4) is 0 Å². The molecule has 1 heterocycles. The first kappa shape index (κ1) is 18.7. The summed E-state index contributed by atoms with van der Waals surface area (Å²) >= 11 is 0. The third-order valence-corrected chi connectivity index (χ3v) is 3.85. The van der Waals surface area contributed by atoms with Gasteiger partial charge in [-0.3, -0.25) is 9.59 Å². The average Bonchev–Trinajstić information content (AvgIpc) is 3.15. The fraction of sp³-hybridized carbons (Fsp3) is 0.368. The van der Waals surface area contributed by atoms with Crippen LogP contribution in [-0.4, -0.2) is 29.8 Å². The zero-order valence-electron chi connectivity index (χ0n) is 14.3. The molecule has 2 rings (SSSR count). The number of carbonyl (C=O) groups is 2. The Bertz CT molecular complexity index is 668. The Morgan fingerprint density at radius 3 is 2.56 bits per heavy atom. The fourth-order valence-electron chi connectivity index (χ4n) is 2.36. The van der Waals surface area contributed by atoms with Crippen molar-refractivity contribution in [3.05, 3.63) is 59.8 Å². The van der Waals surface area contributed by atoms with E-state index in [0.717, 1.165) is 18.4 Å². The van der Waals surface area contributed by atoms with Gasteiger partial charge in [0.2, 0.25) is 5.91 Å². The minimum atomic E-state index is -0.306. The molecular weight excluding hydrogens is 323 g/mol. The molecule has 2 aromatic rings. The molecule has 0 radical (unpaired) electrons. The minimum Gasteiger partial charge on any atom is -0.472 e. The zero-order valence-corrected chi connectivity index (χ0v) is 14.3. The quantitative estimate of drug-likeness (QED) is 0.757. The normalized spacial score (nSPS) is 10.5. The van der Waals surface area contributed by atoms with Crippen molar-refractivity contribution in [2.75, 3.05) is 13.1 Å². The number of furan rings is 1. The highest BCUT2D eigenvalue weighted by Crippen LogP contribution is 2.08. The van der Waals surface area contributed by atoms with E-state index in [1.54, 1.807) is 23.1 Å². The molecule has 0 atom stereocenters. The lowest BCUT2D eigenvalue weighted by molar-refractivity contribution is -0.121. The fourth-order valence-corrected chi connectivity index (χ4v) is 2.36. The van der Waals surface area contributed by atoms with Gasteiger partial charge in [-0.15, -0.1) is 0 Å². The molecule has 0 fully saturated rings. The molecule has 5 nitrogen and oxygen atoms in total. The van der Waals surface area contributed by atoms with Gasteiger partial charge in [-0.05, 0) is 30.2 Å². The number of benzene rings is 1. The van der Waals surface area contributed by atoms with Crippen LogP contribution >= 0.6 is 0 Å². The molecule has 0 aliphatic carbocycles. The van der Waals surface area contributed by atoms with Crippen LogP contribution < -0.4 is 5.32 Å². The highest BCUT2D eigenvalue weighted by Gasteiger charge is 2.17. The maximum Gasteiger partial charge on any atom is 0.257 e. The van der Waals surface area contributed by atoms with Gasteiger partial charge in [0.1, 0.15) is 12.1 Å². The first-order valence-electron chi connectivity index (χ1n) is 8.42. The number of unbranched alkanes of at least 4 members (excludes halogenated alkanes) is 1. The maximum absolute atomic E-state index is 12.9. The highest BCUT2D eigenvalue weighted by atomic mass is 19.1. The number of nitrogens with zero attached hydrogens (tertiary/aromatic N) is 1. The molecule has 0 spiro atoms. The van der Waals surface area contributed by atoms with Gasteiger partial charge in [-0.1, -0.05) is 25.5 Å². The topological polar surface area (TPSA) is 62.6 Å². The molecule has 1 N–H and O–H groups in total. The summed E-state index contributed by atoms with van der Waals surface area (Å²) in [6, 6.07) is 7.60. The van der Waals surface area contributed by atoms with Gasteiger partial charge in [-0.25, -0.2) is 4.39 Å². The van der Waals surface area contributed by atoms with Crippen molar-refractivity contribution in [1.82, 2.24) is 10.2 Å². The van der Waals surface area contributed by atoms with E-state index >= 15 is 0 Å². The molecule has 0 saturated heterocycles. The Labute approximate surface area is 146 Å². The van der Waals surface area contributed by atoms with Crippen molar-refractivity contribution in [3.63, 3.8) is 0 Å². The summed E-state index contributed by atoms with van der Waals surface area (Å²) in [4.78, 5) is 26.1. The van der Waals surface area contributed by atoms with Crippen LogP contribution in [0, 0.1) is 5.82 Å². The van der Waals surface area contributed by atoms with E-state index in [-0.39, 0.29) is 24.1 Å². The second-order valence-electron chi connectivity index (χ2n) is 5.81.